The average molecular weight is 297 g/mol. The van der Waals surface area contributed by atoms with Crippen molar-refractivity contribution in [1.82, 2.24) is 4.90 Å². The first-order chi connectivity index (χ1) is 9.63. The third kappa shape index (κ3) is 4.62. The Morgan fingerprint density at radius 3 is 2.45 bits per heavy atom. The van der Waals surface area contributed by atoms with Gasteiger partial charge in [-0.1, -0.05) is 11.8 Å². The van der Waals surface area contributed by atoms with Gasteiger partial charge in [-0.2, -0.15) is 0 Å². The van der Waals surface area contributed by atoms with Gasteiger partial charge in [0.15, 0.2) is 0 Å². The number of aliphatic hydroxyl groups excluding tert-OH is 3. The first-order valence-electron chi connectivity index (χ1n) is 6.35. The largest absolute Gasteiger partial charge is 0.395 e. The maximum atomic E-state index is 12.2. The van der Waals surface area contributed by atoms with E-state index < -0.39 is 0 Å². The Labute approximate surface area is 122 Å². The molecule has 110 valence electrons. The lowest BCUT2D eigenvalue weighted by atomic mass is 10.2. The van der Waals surface area contributed by atoms with Crippen LogP contribution in [0.15, 0.2) is 6.07 Å². The van der Waals surface area contributed by atoms with Crippen molar-refractivity contribution < 1.29 is 20.1 Å². The van der Waals surface area contributed by atoms with Gasteiger partial charge < -0.3 is 20.2 Å². The van der Waals surface area contributed by atoms with Crippen LogP contribution in [0.3, 0.4) is 0 Å². The fraction of sp³-hybridized carbons (Fsp3) is 0.500. The summed E-state index contributed by atoms with van der Waals surface area (Å²) in [5.74, 6) is 5.55. The number of thiophene rings is 1. The van der Waals surface area contributed by atoms with Gasteiger partial charge in [0.05, 0.1) is 29.6 Å². The van der Waals surface area contributed by atoms with E-state index in [1.54, 1.807) is 6.07 Å². The van der Waals surface area contributed by atoms with Crippen LogP contribution >= 0.6 is 11.3 Å². The third-order valence-electron chi connectivity index (χ3n) is 2.59. The van der Waals surface area contributed by atoms with E-state index in [1.165, 1.54) is 16.2 Å². The van der Waals surface area contributed by atoms with Gasteiger partial charge in [0, 0.05) is 19.5 Å². The van der Waals surface area contributed by atoms with Crippen molar-refractivity contribution in [3.8, 4) is 11.8 Å². The number of carbonyl (C=O) groups is 1. The summed E-state index contributed by atoms with van der Waals surface area (Å²) in [5.41, 5.74) is 0.914. The van der Waals surface area contributed by atoms with Crippen molar-refractivity contribution in [2.75, 3.05) is 32.9 Å². The molecule has 20 heavy (non-hydrogen) atoms. The number of aliphatic hydroxyl groups is 3. The number of amides is 1. The lowest BCUT2D eigenvalue weighted by Crippen LogP contribution is -2.35. The van der Waals surface area contributed by atoms with E-state index in [2.05, 4.69) is 11.8 Å². The highest BCUT2D eigenvalue weighted by atomic mass is 32.1. The summed E-state index contributed by atoms with van der Waals surface area (Å²) in [4.78, 5) is 15.0. The van der Waals surface area contributed by atoms with Crippen molar-refractivity contribution >= 4 is 17.2 Å². The highest BCUT2D eigenvalue weighted by Crippen LogP contribution is 2.22. The number of hydrogen-bond donors (Lipinski definition) is 3. The molecule has 1 amide bonds. The second-order valence-corrected chi connectivity index (χ2v) is 5.19. The van der Waals surface area contributed by atoms with Crippen molar-refractivity contribution in [3.63, 3.8) is 0 Å². The summed E-state index contributed by atoms with van der Waals surface area (Å²) in [6.45, 7) is 2.00. The summed E-state index contributed by atoms with van der Waals surface area (Å²) >= 11 is 1.29. The molecule has 0 unspecified atom stereocenters. The van der Waals surface area contributed by atoms with Crippen LogP contribution in [0.1, 0.15) is 26.5 Å². The molecule has 0 saturated heterocycles. The lowest BCUT2D eigenvalue weighted by molar-refractivity contribution is 0.0689. The van der Waals surface area contributed by atoms with Gasteiger partial charge >= 0.3 is 0 Å². The summed E-state index contributed by atoms with van der Waals surface area (Å²) < 4.78 is 0. The van der Waals surface area contributed by atoms with Crippen LogP contribution in [0, 0.1) is 18.8 Å². The Bertz CT molecular complexity index is 495. The van der Waals surface area contributed by atoms with E-state index in [0.29, 0.717) is 11.3 Å². The Morgan fingerprint density at radius 1 is 1.25 bits per heavy atom. The van der Waals surface area contributed by atoms with Crippen LogP contribution in [0.25, 0.3) is 0 Å². The molecule has 0 spiro atoms. The van der Waals surface area contributed by atoms with Crippen LogP contribution in [0.4, 0.5) is 0 Å². The molecule has 1 rings (SSSR count). The van der Waals surface area contributed by atoms with Crippen molar-refractivity contribution in [1.29, 1.82) is 0 Å². The maximum Gasteiger partial charge on any atom is 0.264 e. The van der Waals surface area contributed by atoms with Gasteiger partial charge in [0.25, 0.3) is 5.91 Å². The van der Waals surface area contributed by atoms with Gasteiger partial charge in [-0.05, 0) is 18.6 Å². The first-order valence-corrected chi connectivity index (χ1v) is 7.16. The highest BCUT2D eigenvalue weighted by molar-refractivity contribution is 7.14. The molecule has 0 atom stereocenters. The van der Waals surface area contributed by atoms with Crippen molar-refractivity contribution in [3.05, 3.63) is 21.4 Å². The minimum Gasteiger partial charge on any atom is -0.395 e. The fourth-order valence-electron chi connectivity index (χ4n) is 1.62. The minimum atomic E-state index is -0.212. The molecule has 0 aromatic carbocycles. The van der Waals surface area contributed by atoms with Gasteiger partial charge in [0.2, 0.25) is 0 Å². The molecule has 1 heterocycles. The quantitative estimate of drug-likeness (QED) is 0.656. The van der Waals surface area contributed by atoms with Gasteiger partial charge in [-0.25, -0.2) is 0 Å². The van der Waals surface area contributed by atoms with Crippen LogP contribution < -0.4 is 0 Å². The summed E-state index contributed by atoms with van der Waals surface area (Å²) in [5, 5.41) is 26.6. The van der Waals surface area contributed by atoms with Crippen LogP contribution in [-0.4, -0.2) is 59.0 Å². The maximum absolute atomic E-state index is 12.2. The minimum absolute atomic E-state index is 0.0178. The standard InChI is InChI=1S/C14H19NO4S/c1-11-10-13(20-12(11)4-2-3-7-16)14(19)15(5-8-17)6-9-18/h10,16-18H,3,5-9H2,1H3. The Hall–Kier alpha value is -1.39. The van der Waals surface area contributed by atoms with E-state index in [4.69, 9.17) is 15.3 Å². The number of rotatable bonds is 6. The zero-order chi connectivity index (χ0) is 15.0. The second kappa shape index (κ2) is 8.72. The van der Waals surface area contributed by atoms with Gasteiger partial charge in [0.1, 0.15) is 0 Å². The molecule has 0 radical (unpaired) electrons. The molecule has 0 saturated carbocycles. The molecule has 5 nitrogen and oxygen atoms in total. The molecule has 1 aromatic rings. The molecule has 1 aromatic heterocycles. The molecule has 0 aliphatic rings. The third-order valence-corrected chi connectivity index (χ3v) is 3.73. The normalized spacial score (nSPS) is 10.0. The van der Waals surface area contributed by atoms with E-state index in [0.717, 1.165) is 10.4 Å². The molecule has 0 fully saturated rings. The average Bonchev–Trinajstić information content (AvgIpc) is 2.80. The van der Waals surface area contributed by atoms with Crippen molar-refractivity contribution in [2.24, 2.45) is 0 Å². The topological polar surface area (TPSA) is 81.0 Å². The zero-order valence-electron chi connectivity index (χ0n) is 11.4. The number of aryl methyl sites for hydroxylation is 1. The Kier molecular flexibility index (Phi) is 7.26. The lowest BCUT2D eigenvalue weighted by Gasteiger charge is -2.19. The van der Waals surface area contributed by atoms with Crippen LogP contribution in [0.2, 0.25) is 0 Å². The van der Waals surface area contributed by atoms with E-state index >= 15 is 0 Å². The SMILES string of the molecule is Cc1cc(C(=O)N(CCO)CCO)sc1C#CCCO. The smallest absolute Gasteiger partial charge is 0.264 e. The number of nitrogens with zero attached hydrogens (tertiary/aromatic N) is 1. The highest BCUT2D eigenvalue weighted by Gasteiger charge is 2.18. The molecule has 0 aliphatic carbocycles. The molecular formula is C14H19NO4S. The van der Waals surface area contributed by atoms with Crippen LogP contribution in [0.5, 0.6) is 0 Å². The summed E-state index contributed by atoms with van der Waals surface area (Å²) in [6.07, 6.45) is 0.405. The van der Waals surface area contributed by atoms with E-state index in [1.807, 2.05) is 6.92 Å². The van der Waals surface area contributed by atoms with Crippen molar-refractivity contribution in [2.45, 2.75) is 13.3 Å². The Morgan fingerprint density at radius 2 is 1.90 bits per heavy atom. The monoisotopic (exact) mass is 297 g/mol. The number of carbonyl (C=O) groups excluding carboxylic acids is 1. The fourth-order valence-corrected chi connectivity index (χ4v) is 2.64. The first kappa shape index (κ1) is 16.7. The molecule has 3 N–H and O–H groups in total. The molecule has 0 aliphatic heterocycles. The predicted octanol–water partition coefficient (Wildman–Crippen LogP) is 0.217. The van der Waals surface area contributed by atoms with E-state index in [9.17, 15) is 4.79 Å². The predicted molar refractivity (Wildman–Crippen MR) is 77.7 cm³/mol. The number of hydrogen-bond acceptors (Lipinski definition) is 5. The molecule has 6 heteroatoms. The summed E-state index contributed by atoms with van der Waals surface area (Å²) in [7, 11) is 0. The second-order valence-electron chi connectivity index (χ2n) is 4.14. The van der Waals surface area contributed by atoms with Gasteiger partial charge in [-0.3, -0.25) is 4.79 Å². The summed E-state index contributed by atoms with van der Waals surface area (Å²) in [6, 6.07) is 1.76. The Balaban J connectivity index is 2.88. The molecular weight excluding hydrogens is 278 g/mol. The zero-order valence-corrected chi connectivity index (χ0v) is 12.2. The van der Waals surface area contributed by atoms with Gasteiger partial charge in [-0.15, -0.1) is 11.3 Å². The van der Waals surface area contributed by atoms with E-state index in [-0.39, 0.29) is 38.8 Å². The van der Waals surface area contributed by atoms with Crippen LogP contribution in [-0.2, 0) is 0 Å². The molecule has 0 bridgehead atoms.